The molecule has 0 bridgehead atoms. The van der Waals surface area contributed by atoms with Gasteiger partial charge < -0.3 is 10.2 Å². The highest BCUT2D eigenvalue weighted by Gasteiger charge is 2.09. The highest BCUT2D eigenvalue weighted by molar-refractivity contribution is 6.31. The quantitative estimate of drug-likeness (QED) is 0.847. The normalized spacial score (nSPS) is 12.5. The lowest BCUT2D eigenvalue weighted by Crippen LogP contribution is -2.24. The van der Waals surface area contributed by atoms with Crippen molar-refractivity contribution < 1.29 is 0 Å². The van der Waals surface area contributed by atoms with Gasteiger partial charge in [-0.25, -0.2) is 4.98 Å². The van der Waals surface area contributed by atoms with Crippen LogP contribution in [0.25, 0.3) is 0 Å². The zero-order chi connectivity index (χ0) is 12.8. The first-order valence-corrected chi connectivity index (χ1v) is 6.46. The fourth-order valence-corrected chi connectivity index (χ4v) is 1.86. The minimum atomic E-state index is 0.672. The average molecular weight is 256 g/mol. The predicted octanol–water partition coefficient (Wildman–Crippen LogP) is 2.94. The van der Waals surface area contributed by atoms with Gasteiger partial charge in [0.2, 0.25) is 0 Å². The van der Waals surface area contributed by atoms with Crippen LogP contribution in [-0.4, -0.2) is 25.6 Å². The van der Waals surface area contributed by atoms with Gasteiger partial charge in [-0.05, 0) is 24.6 Å². The number of hydrogen-bond donors (Lipinski definition) is 1. The molecule has 17 heavy (non-hydrogen) atoms. The third-order valence-corrected chi connectivity index (χ3v) is 3.30. The maximum atomic E-state index is 6.09. The molecule has 4 heteroatoms. The predicted molar refractivity (Wildman–Crippen MR) is 74.7 cm³/mol. The van der Waals surface area contributed by atoms with Gasteiger partial charge >= 0.3 is 0 Å². The van der Waals surface area contributed by atoms with E-state index in [-0.39, 0.29) is 0 Å². The van der Waals surface area contributed by atoms with E-state index >= 15 is 0 Å². The van der Waals surface area contributed by atoms with Gasteiger partial charge in [0.1, 0.15) is 5.82 Å². The maximum Gasteiger partial charge on any atom is 0.128 e. The van der Waals surface area contributed by atoms with Crippen molar-refractivity contribution >= 4 is 17.4 Å². The molecule has 3 nitrogen and oxygen atoms in total. The largest absolute Gasteiger partial charge is 0.359 e. The molecule has 0 aliphatic carbocycles. The van der Waals surface area contributed by atoms with Crippen LogP contribution in [0, 0.1) is 5.92 Å². The van der Waals surface area contributed by atoms with Crippen LogP contribution in [0.2, 0.25) is 5.02 Å². The van der Waals surface area contributed by atoms with E-state index in [0.717, 1.165) is 29.5 Å². The van der Waals surface area contributed by atoms with E-state index in [2.05, 4.69) is 42.2 Å². The van der Waals surface area contributed by atoms with Crippen molar-refractivity contribution in [3.8, 4) is 0 Å². The molecule has 1 aromatic rings. The third kappa shape index (κ3) is 4.17. The lowest BCUT2D eigenvalue weighted by Gasteiger charge is -2.22. The van der Waals surface area contributed by atoms with Crippen molar-refractivity contribution in [1.82, 2.24) is 10.3 Å². The Balaban J connectivity index is 2.79. The lowest BCUT2D eigenvalue weighted by atomic mass is 10.1. The summed E-state index contributed by atoms with van der Waals surface area (Å²) in [6.45, 7) is 6.25. The first kappa shape index (κ1) is 14.3. The average Bonchev–Trinajstić information content (AvgIpc) is 2.32. The number of nitrogens with zero attached hydrogens (tertiary/aromatic N) is 2. The van der Waals surface area contributed by atoms with Crippen molar-refractivity contribution in [3.05, 3.63) is 22.8 Å². The van der Waals surface area contributed by atoms with E-state index in [0.29, 0.717) is 5.92 Å². The molecular formula is C13H22ClN3. The van der Waals surface area contributed by atoms with E-state index in [1.165, 1.54) is 6.42 Å². The topological polar surface area (TPSA) is 28.2 Å². The summed E-state index contributed by atoms with van der Waals surface area (Å²) in [6, 6.07) is 2.06. The minimum Gasteiger partial charge on any atom is -0.359 e. The van der Waals surface area contributed by atoms with Crippen LogP contribution >= 0.6 is 11.6 Å². The molecule has 1 heterocycles. The Hall–Kier alpha value is -0.800. The molecule has 96 valence electrons. The number of pyridine rings is 1. The Morgan fingerprint density at radius 2 is 2.24 bits per heavy atom. The van der Waals surface area contributed by atoms with Gasteiger partial charge in [-0.15, -0.1) is 0 Å². The third-order valence-electron chi connectivity index (χ3n) is 2.96. The van der Waals surface area contributed by atoms with Crippen LogP contribution in [0.1, 0.15) is 25.8 Å². The molecule has 1 atom stereocenters. The molecule has 1 rings (SSSR count). The van der Waals surface area contributed by atoms with Gasteiger partial charge in [0.15, 0.2) is 0 Å². The van der Waals surface area contributed by atoms with Gasteiger partial charge in [0.05, 0.1) is 5.02 Å². The molecule has 1 aromatic heterocycles. The Morgan fingerprint density at radius 1 is 1.53 bits per heavy atom. The number of anilines is 1. The van der Waals surface area contributed by atoms with Crippen LogP contribution in [0.4, 0.5) is 5.82 Å². The maximum absolute atomic E-state index is 6.09. The number of nitrogens with one attached hydrogen (secondary N) is 1. The number of halogens is 1. The molecule has 1 unspecified atom stereocenters. The molecule has 0 spiro atoms. The van der Waals surface area contributed by atoms with E-state index < -0.39 is 0 Å². The smallest absolute Gasteiger partial charge is 0.128 e. The van der Waals surface area contributed by atoms with Crippen molar-refractivity contribution in [2.24, 2.45) is 5.92 Å². The molecule has 0 saturated heterocycles. The van der Waals surface area contributed by atoms with Crippen molar-refractivity contribution in [2.75, 3.05) is 25.5 Å². The first-order valence-electron chi connectivity index (χ1n) is 6.08. The Bertz CT molecular complexity index is 355. The summed E-state index contributed by atoms with van der Waals surface area (Å²) >= 11 is 6.09. The standard InChI is InChI=1S/C13H22ClN3/c1-5-10(2)9-17(4)13-6-11(7-15-3)12(14)8-16-13/h6,8,10,15H,5,7,9H2,1-4H3. The van der Waals surface area contributed by atoms with E-state index in [9.17, 15) is 0 Å². The SMILES string of the molecule is CCC(C)CN(C)c1cc(CNC)c(Cl)cn1. The molecule has 1 N–H and O–H groups in total. The second kappa shape index (κ2) is 6.82. The van der Waals surface area contributed by atoms with Gasteiger partial charge in [0, 0.05) is 26.3 Å². The second-order valence-electron chi connectivity index (χ2n) is 4.56. The highest BCUT2D eigenvalue weighted by Crippen LogP contribution is 2.20. The molecule has 0 aliphatic heterocycles. The summed E-state index contributed by atoms with van der Waals surface area (Å²) in [5.74, 6) is 1.66. The van der Waals surface area contributed by atoms with Crippen LogP contribution in [0.5, 0.6) is 0 Å². The molecule has 0 fully saturated rings. The van der Waals surface area contributed by atoms with Crippen LogP contribution in [0.3, 0.4) is 0 Å². The van der Waals surface area contributed by atoms with Crippen LogP contribution in [-0.2, 0) is 6.54 Å². The van der Waals surface area contributed by atoms with E-state index in [1.807, 2.05) is 7.05 Å². The van der Waals surface area contributed by atoms with Crippen molar-refractivity contribution in [1.29, 1.82) is 0 Å². The Labute approximate surface area is 109 Å². The summed E-state index contributed by atoms with van der Waals surface area (Å²) in [5.41, 5.74) is 1.09. The summed E-state index contributed by atoms with van der Waals surface area (Å²) in [6.07, 6.45) is 2.91. The van der Waals surface area contributed by atoms with Gasteiger partial charge in [-0.1, -0.05) is 31.9 Å². The molecule has 0 radical (unpaired) electrons. The second-order valence-corrected chi connectivity index (χ2v) is 4.97. The monoisotopic (exact) mass is 255 g/mol. The van der Waals surface area contributed by atoms with Crippen molar-refractivity contribution in [2.45, 2.75) is 26.8 Å². The minimum absolute atomic E-state index is 0.672. The van der Waals surface area contributed by atoms with Crippen molar-refractivity contribution in [3.63, 3.8) is 0 Å². The zero-order valence-corrected chi connectivity index (χ0v) is 11.9. The van der Waals surface area contributed by atoms with E-state index in [1.54, 1.807) is 6.20 Å². The first-order chi connectivity index (χ1) is 8.08. The summed E-state index contributed by atoms with van der Waals surface area (Å²) in [5, 5.41) is 3.83. The van der Waals surface area contributed by atoms with Gasteiger partial charge in [0.25, 0.3) is 0 Å². The van der Waals surface area contributed by atoms with Crippen LogP contribution < -0.4 is 10.2 Å². The van der Waals surface area contributed by atoms with Gasteiger partial charge in [-0.3, -0.25) is 0 Å². The van der Waals surface area contributed by atoms with E-state index in [4.69, 9.17) is 11.6 Å². The molecule has 0 saturated carbocycles. The summed E-state index contributed by atoms with van der Waals surface area (Å²) in [7, 11) is 3.99. The Kier molecular flexibility index (Phi) is 5.72. The number of aromatic nitrogens is 1. The summed E-state index contributed by atoms with van der Waals surface area (Å²) in [4.78, 5) is 6.56. The van der Waals surface area contributed by atoms with Crippen LogP contribution in [0.15, 0.2) is 12.3 Å². The van der Waals surface area contributed by atoms with Gasteiger partial charge in [-0.2, -0.15) is 0 Å². The number of rotatable bonds is 6. The highest BCUT2D eigenvalue weighted by atomic mass is 35.5. The zero-order valence-electron chi connectivity index (χ0n) is 11.1. The molecule has 0 amide bonds. The molecule has 0 aliphatic rings. The number of hydrogen-bond acceptors (Lipinski definition) is 3. The fourth-order valence-electron chi connectivity index (χ4n) is 1.69. The summed E-state index contributed by atoms with van der Waals surface area (Å²) < 4.78 is 0. The molecule has 0 aromatic carbocycles. The lowest BCUT2D eigenvalue weighted by molar-refractivity contribution is 0.557. The fraction of sp³-hybridized carbons (Fsp3) is 0.615. The Morgan fingerprint density at radius 3 is 2.82 bits per heavy atom. The molecular weight excluding hydrogens is 234 g/mol.